The summed E-state index contributed by atoms with van der Waals surface area (Å²) in [6.45, 7) is 3.47. The maximum absolute atomic E-state index is 10.8. The second-order valence-corrected chi connectivity index (χ2v) is 2.19. The van der Waals surface area contributed by atoms with Crippen molar-refractivity contribution >= 4 is 0 Å². The van der Waals surface area contributed by atoms with Crippen LogP contribution in [0.1, 0.15) is 5.56 Å². The zero-order valence-corrected chi connectivity index (χ0v) is 6.58. The monoisotopic (exact) mass is 156 g/mol. The van der Waals surface area contributed by atoms with E-state index >= 15 is 0 Å². The molecule has 0 spiro atoms. The Balaban J connectivity index is 3.13. The van der Waals surface area contributed by atoms with Gasteiger partial charge in [0.25, 0.3) is 0 Å². The molecule has 0 aliphatic carbocycles. The molecule has 0 saturated carbocycles. The van der Waals surface area contributed by atoms with E-state index in [0.717, 1.165) is 5.56 Å². The van der Waals surface area contributed by atoms with E-state index in [1.54, 1.807) is 18.2 Å². The lowest BCUT2D eigenvalue weighted by Crippen LogP contribution is -1.87. The summed E-state index contributed by atoms with van der Waals surface area (Å²) in [6.07, 6.45) is 1.52. The van der Waals surface area contributed by atoms with Gasteiger partial charge in [-0.3, -0.25) is 4.79 Å². The van der Waals surface area contributed by atoms with Crippen molar-refractivity contribution < 1.29 is 0 Å². The average molecular weight is 156 g/mol. The van der Waals surface area contributed by atoms with Gasteiger partial charge < -0.3 is 0 Å². The van der Waals surface area contributed by atoms with Gasteiger partial charge in [-0.15, -0.1) is 0 Å². The molecule has 0 aliphatic rings. The van der Waals surface area contributed by atoms with Crippen molar-refractivity contribution in [3.8, 4) is 11.8 Å². The van der Waals surface area contributed by atoms with Crippen LogP contribution in [0, 0.1) is 11.8 Å². The fraction of sp³-hybridized carbons (Fsp3) is 0. The Labute approximate surface area is 71.4 Å². The van der Waals surface area contributed by atoms with Crippen LogP contribution in [0.5, 0.6) is 0 Å². The molecule has 0 heterocycles. The van der Waals surface area contributed by atoms with Gasteiger partial charge in [0.1, 0.15) is 0 Å². The third-order valence-corrected chi connectivity index (χ3v) is 1.28. The molecular formula is C11H8O. The lowest BCUT2D eigenvalue weighted by molar-refractivity contribution is 1.67. The van der Waals surface area contributed by atoms with Crippen LogP contribution in [-0.2, 0) is 0 Å². The quantitative estimate of drug-likeness (QED) is 0.521. The van der Waals surface area contributed by atoms with Crippen molar-refractivity contribution in [1.29, 1.82) is 0 Å². The largest absolute Gasteiger partial charge is 0.290 e. The molecule has 12 heavy (non-hydrogen) atoms. The Morgan fingerprint density at radius 3 is 2.83 bits per heavy atom. The van der Waals surface area contributed by atoms with Crippen LogP contribution in [0.3, 0.4) is 0 Å². The van der Waals surface area contributed by atoms with Crippen molar-refractivity contribution in [2.75, 3.05) is 0 Å². The highest BCUT2D eigenvalue weighted by Crippen LogP contribution is 1.90. The van der Waals surface area contributed by atoms with Crippen LogP contribution < -0.4 is 5.43 Å². The molecule has 0 bridgehead atoms. The van der Waals surface area contributed by atoms with Crippen molar-refractivity contribution in [2.45, 2.75) is 0 Å². The van der Waals surface area contributed by atoms with Gasteiger partial charge >= 0.3 is 0 Å². The molecule has 0 saturated heterocycles. The smallest absolute Gasteiger partial charge is 0.178 e. The fourth-order valence-electron chi connectivity index (χ4n) is 0.747. The summed E-state index contributed by atoms with van der Waals surface area (Å²) in [5, 5.41) is 0. The van der Waals surface area contributed by atoms with Gasteiger partial charge in [0, 0.05) is 5.56 Å². The second kappa shape index (κ2) is 4.15. The first-order valence-corrected chi connectivity index (χ1v) is 3.56. The van der Waals surface area contributed by atoms with Gasteiger partial charge in [0.15, 0.2) is 5.43 Å². The maximum atomic E-state index is 10.8. The Bertz CT molecular complexity index is 394. The molecule has 0 radical (unpaired) electrons. The van der Waals surface area contributed by atoms with E-state index in [-0.39, 0.29) is 5.43 Å². The molecule has 1 aromatic rings. The Hall–Kier alpha value is -1.81. The lowest BCUT2D eigenvalue weighted by atomic mass is 10.3. The van der Waals surface area contributed by atoms with Crippen LogP contribution in [0.25, 0.3) is 0 Å². The summed E-state index contributed by atoms with van der Waals surface area (Å²) in [4.78, 5) is 10.8. The SMILES string of the molecule is C=CC#Cc1cccc(=O)cc1. The molecule has 0 unspecified atom stereocenters. The zero-order valence-electron chi connectivity index (χ0n) is 6.58. The van der Waals surface area contributed by atoms with Crippen molar-refractivity contribution in [3.63, 3.8) is 0 Å². The van der Waals surface area contributed by atoms with E-state index in [9.17, 15) is 4.79 Å². The van der Waals surface area contributed by atoms with Gasteiger partial charge in [-0.1, -0.05) is 24.5 Å². The molecule has 0 atom stereocenters. The number of allylic oxidation sites excluding steroid dienone is 1. The van der Waals surface area contributed by atoms with E-state index in [1.807, 2.05) is 0 Å². The molecule has 0 aromatic heterocycles. The Kier molecular flexibility index (Phi) is 2.87. The first kappa shape index (κ1) is 8.29. The molecule has 1 nitrogen and oxygen atoms in total. The number of rotatable bonds is 0. The van der Waals surface area contributed by atoms with Crippen LogP contribution >= 0.6 is 0 Å². The Morgan fingerprint density at radius 2 is 2.08 bits per heavy atom. The summed E-state index contributed by atoms with van der Waals surface area (Å²) in [7, 11) is 0. The van der Waals surface area contributed by atoms with Gasteiger partial charge in [0.2, 0.25) is 0 Å². The van der Waals surface area contributed by atoms with Gasteiger partial charge in [0.05, 0.1) is 0 Å². The Morgan fingerprint density at radius 1 is 1.25 bits per heavy atom. The summed E-state index contributed by atoms with van der Waals surface area (Å²) in [5.74, 6) is 5.54. The number of hydrogen-bond acceptors (Lipinski definition) is 1. The lowest BCUT2D eigenvalue weighted by Gasteiger charge is -1.76. The third-order valence-electron chi connectivity index (χ3n) is 1.28. The molecule has 0 fully saturated rings. The molecule has 58 valence electrons. The molecule has 0 N–H and O–H groups in total. The summed E-state index contributed by atoms with van der Waals surface area (Å²) in [5.41, 5.74) is 0.804. The molecule has 0 aliphatic heterocycles. The van der Waals surface area contributed by atoms with Crippen molar-refractivity contribution in [3.05, 3.63) is 58.8 Å². The van der Waals surface area contributed by atoms with E-state index < -0.39 is 0 Å². The van der Waals surface area contributed by atoms with Crippen molar-refractivity contribution in [2.24, 2.45) is 0 Å². The van der Waals surface area contributed by atoms with Gasteiger partial charge in [-0.2, -0.15) is 0 Å². The first-order valence-electron chi connectivity index (χ1n) is 3.56. The fourth-order valence-corrected chi connectivity index (χ4v) is 0.747. The number of hydrogen-bond donors (Lipinski definition) is 0. The highest BCUT2D eigenvalue weighted by atomic mass is 16.1. The molecule has 1 heteroatoms. The minimum absolute atomic E-state index is 0.0124. The third kappa shape index (κ3) is 2.43. The molecular weight excluding hydrogens is 148 g/mol. The summed E-state index contributed by atoms with van der Waals surface area (Å²) in [6, 6.07) is 8.17. The highest BCUT2D eigenvalue weighted by Gasteiger charge is 1.81. The summed E-state index contributed by atoms with van der Waals surface area (Å²) >= 11 is 0. The highest BCUT2D eigenvalue weighted by molar-refractivity contribution is 5.35. The van der Waals surface area contributed by atoms with Crippen molar-refractivity contribution in [1.82, 2.24) is 0 Å². The van der Waals surface area contributed by atoms with E-state index in [1.165, 1.54) is 18.2 Å². The van der Waals surface area contributed by atoms with Gasteiger partial charge in [-0.25, -0.2) is 0 Å². The average Bonchev–Trinajstić information content (AvgIpc) is 2.27. The van der Waals surface area contributed by atoms with E-state index in [0.29, 0.717) is 0 Å². The first-order chi connectivity index (χ1) is 5.83. The minimum atomic E-state index is -0.0124. The van der Waals surface area contributed by atoms with E-state index in [2.05, 4.69) is 18.4 Å². The van der Waals surface area contributed by atoms with Crippen LogP contribution in [0.2, 0.25) is 0 Å². The normalized spacial score (nSPS) is 8.00. The van der Waals surface area contributed by atoms with Crippen LogP contribution in [0.4, 0.5) is 0 Å². The standard InChI is InChI=1S/C11H8O/c1-2-3-5-10-6-4-7-11(12)9-8-10/h2,4,6-9H,1H2. The van der Waals surface area contributed by atoms with Crippen LogP contribution in [-0.4, -0.2) is 0 Å². The predicted molar refractivity (Wildman–Crippen MR) is 49.8 cm³/mol. The van der Waals surface area contributed by atoms with Gasteiger partial charge in [-0.05, 0) is 30.3 Å². The molecule has 0 amide bonds. The molecule has 1 rings (SSSR count). The topological polar surface area (TPSA) is 17.1 Å². The molecule has 1 aromatic carbocycles. The maximum Gasteiger partial charge on any atom is 0.178 e. The van der Waals surface area contributed by atoms with E-state index in [4.69, 9.17) is 0 Å². The summed E-state index contributed by atoms with van der Waals surface area (Å²) < 4.78 is 0. The zero-order chi connectivity index (χ0) is 8.81. The minimum Gasteiger partial charge on any atom is -0.290 e. The predicted octanol–water partition coefficient (Wildman–Crippen LogP) is 1.58. The second-order valence-electron chi connectivity index (χ2n) is 2.19. The van der Waals surface area contributed by atoms with Crippen LogP contribution in [0.15, 0.2) is 47.8 Å².